The van der Waals surface area contributed by atoms with Crippen LogP contribution >= 0.6 is 0 Å². The van der Waals surface area contributed by atoms with Crippen molar-refractivity contribution in [3.05, 3.63) is 53.6 Å². The van der Waals surface area contributed by atoms with E-state index < -0.39 is 12.0 Å². The van der Waals surface area contributed by atoms with Gasteiger partial charge in [0, 0.05) is 30.4 Å². The third-order valence-electron chi connectivity index (χ3n) is 4.98. The van der Waals surface area contributed by atoms with Crippen LogP contribution in [-0.4, -0.2) is 32.9 Å². The van der Waals surface area contributed by atoms with Gasteiger partial charge in [-0.1, -0.05) is 19.1 Å². The number of phenols is 2. The van der Waals surface area contributed by atoms with Gasteiger partial charge in [0.25, 0.3) is 0 Å². The van der Waals surface area contributed by atoms with Gasteiger partial charge in [0.05, 0.1) is 17.4 Å². The second kappa shape index (κ2) is 9.84. The zero-order valence-electron chi connectivity index (χ0n) is 17.0. The van der Waals surface area contributed by atoms with Gasteiger partial charge in [-0.3, -0.25) is 9.59 Å². The van der Waals surface area contributed by atoms with Crippen molar-refractivity contribution in [3.8, 4) is 11.5 Å². The summed E-state index contributed by atoms with van der Waals surface area (Å²) >= 11 is 0. The molecule has 0 saturated heterocycles. The van der Waals surface area contributed by atoms with Gasteiger partial charge in [-0.2, -0.15) is 15.3 Å². The highest BCUT2D eigenvalue weighted by Gasteiger charge is 2.21. The van der Waals surface area contributed by atoms with Crippen LogP contribution in [0.15, 0.2) is 57.8 Å². The monoisotopic (exact) mass is 424 g/mol. The minimum absolute atomic E-state index is 0.0114. The first-order valence-corrected chi connectivity index (χ1v) is 9.95. The third kappa shape index (κ3) is 5.88. The normalized spacial score (nSPS) is 17.3. The number of hydrogen-bond donors (Lipinski definition) is 4. The summed E-state index contributed by atoms with van der Waals surface area (Å²) in [6, 6.07) is 10.9. The average molecular weight is 424 g/mol. The molecule has 1 aliphatic heterocycles. The zero-order chi connectivity index (χ0) is 22.4. The van der Waals surface area contributed by atoms with Crippen molar-refractivity contribution >= 4 is 23.3 Å². The van der Waals surface area contributed by atoms with Crippen molar-refractivity contribution in [3.63, 3.8) is 0 Å². The number of carbonyl (C=O) groups excluding carboxylic acids is 1. The second-order valence-electron chi connectivity index (χ2n) is 7.44. The molecule has 162 valence electrons. The number of phenolic OH excluding ortho intramolecular Hbond substituents is 2. The smallest absolute Gasteiger partial charge is 0.303 e. The largest absolute Gasteiger partial charge is 0.508 e. The number of azo groups is 1. The number of hydrogen-bond acceptors (Lipinski definition) is 7. The summed E-state index contributed by atoms with van der Waals surface area (Å²) in [5, 5.41) is 41.3. The van der Waals surface area contributed by atoms with E-state index in [1.165, 1.54) is 12.1 Å². The van der Waals surface area contributed by atoms with Gasteiger partial charge in [-0.25, -0.2) is 5.43 Å². The molecule has 0 radical (unpaired) electrons. The predicted molar refractivity (Wildman–Crippen MR) is 113 cm³/mol. The number of nitrogens with zero attached hydrogens (tertiary/aromatic N) is 3. The number of aromatic hydroxyl groups is 2. The Labute approximate surface area is 179 Å². The molecule has 31 heavy (non-hydrogen) atoms. The molecule has 1 amide bonds. The summed E-state index contributed by atoms with van der Waals surface area (Å²) in [6.45, 7) is 1.94. The maximum atomic E-state index is 11.4. The number of amides is 1. The minimum Gasteiger partial charge on any atom is -0.508 e. The molecule has 2 unspecified atom stereocenters. The molecule has 2 aromatic carbocycles. The lowest BCUT2D eigenvalue weighted by Gasteiger charge is -2.19. The van der Waals surface area contributed by atoms with Crippen molar-refractivity contribution in [1.82, 2.24) is 5.43 Å². The number of carboxylic acid groups (broad SMARTS) is 1. The summed E-state index contributed by atoms with van der Waals surface area (Å²) in [5.74, 6) is -1.20. The number of hydrazone groups is 1. The molecular weight excluding hydrogens is 400 g/mol. The van der Waals surface area contributed by atoms with Crippen LogP contribution in [0.1, 0.15) is 49.8 Å². The number of aliphatic carboxylic acids is 1. The first-order chi connectivity index (χ1) is 14.8. The molecule has 4 N–H and O–H groups in total. The number of nitrogens with one attached hydrogen (secondary N) is 1. The highest BCUT2D eigenvalue weighted by molar-refractivity contribution is 6.05. The molecule has 0 aliphatic carbocycles. The lowest BCUT2D eigenvalue weighted by molar-refractivity contribution is -0.137. The summed E-state index contributed by atoms with van der Waals surface area (Å²) < 4.78 is 0. The molecule has 0 fully saturated rings. The Bertz CT molecular complexity index is 1020. The van der Waals surface area contributed by atoms with Crippen molar-refractivity contribution in [1.29, 1.82) is 0 Å². The van der Waals surface area contributed by atoms with Crippen LogP contribution in [0.3, 0.4) is 0 Å². The molecule has 9 heteroatoms. The number of rotatable bonds is 8. The van der Waals surface area contributed by atoms with Crippen molar-refractivity contribution in [2.24, 2.45) is 21.2 Å². The lowest BCUT2D eigenvalue weighted by Crippen LogP contribution is -2.31. The van der Waals surface area contributed by atoms with Crippen LogP contribution in [0.5, 0.6) is 11.5 Å². The SMILES string of the molecule is CC1CC(=O)NN=C1c1ccc(N=NC(CCCC(=O)O)c2ccc(O)cc2O)cc1. The van der Waals surface area contributed by atoms with Crippen LogP contribution in [0.4, 0.5) is 5.69 Å². The van der Waals surface area contributed by atoms with Crippen LogP contribution in [0.25, 0.3) is 0 Å². The first kappa shape index (κ1) is 21.9. The minimum atomic E-state index is -0.905. The van der Waals surface area contributed by atoms with Crippen LogP contribution in [-0.2, 0) is 9.59 Å². The van der Waals surface area contributed by atoms with E-state index in [0.29, 0.717) is 30.5 Å². The lowest BCUT2D eigenvalue weighted by atomic mass is 9.94. The molecule has 0 bridgehead atoms. The molecular formula is C22H24N4O5. The summed E-state index contributed by atoms with van der Waals surface area (Å²) in [7, 11) is 0. The van der Waals surface area contributed by atoms with E-state index in [-0.39, 0.29) is 29.7 Å². The average Bonchev–Trinajstić information content (AvgIpc) is 2.71. The molecule has 9 nitrogen and oxygen atoms in total. The van der Waals surface area contributed by atoms with E-state index in [2.05, 4.69) is 20.8 Å². The molecule has 1 aliphatic rings. The predicted octanol–water partition coefficient (Wildman–Crippen LogP) is 4.04. The fourth-order valence-electron chi connectivity index (χ4n) is 3.37. The Kier molecular flexibility index (Phi) is 6.96. The van der Waals surface area contributed by atoms with Crippen molar-refractivity contribution < 1.29 is 24.9 Å². The van der Waals surface area contributed by atoms with Gasteiger partial charge in [-0.05, 0) is 42.7 Å². The Hall–Kier alpha value is -3.75. The highest BCUT2D eigenvalue weighted by Crippen LogP contribution is 2.34. The van der Waals surface area contributed by atoms with E-state index in [9.17, 15) is 19.8 Å². The first-order valence-electron chi connectivity index (χ1n) is 9.95. The second-order valence-corrected chi connectivity index (χ2v) is 7.44. The Morgan fingerprint density at radius 2 is 1.97 bits per heavy atom. The van der Waals surface area contributed by atoms with E-state index >= 15 is 0 Å². The quantitative estimate of drug-likeness (QED) is 0.473. The number of benzene rings is 2. The van der Waals surface area contributed by atoms with Crippen LogP contribution in [0, 0.1) is 5.92 Å². The fourth-order valence-corrected chi connectivity index (χ4v) is 3.37. The summed E-state index contributed by atoms with van der Waals surface area (Å²) in [4.78, 5) is 22.3. The molecule has 2 atom stereocenters. The third-order valence-corrected chi connectivity index (χ3v) is 4.98. The number of carbonyl (C=O) groups is 2. The van der Waals surface area contributed by atoms with Crippen LogP contribution in [0.2, 0.25) is 0 Å². The Balaban J connectivity index is 1.77. The number of carboxylic acids is 1. The van der Waals surface area contributed by atoms with Crippen LogP contribution < -0.4 is 5.43 Å². The van der Waals surface area contributed by atoms with Gasteiger partial charge >= 0.3 is 5.97 Å². The topological polar surface area (TPSA) is 144 Å². The van der Waals surface area contributed by atoms with Gasteiger partial charge in [0.1, 0.15) is 11.5 Å². The maximum absolute atomic E-state index is 11.4. The summed E-state index contributed by atoms with van der Waals surface area (Å²) in [5.41, 5.74) is 5.21. The maximum Gasteiger partial charge on any atom is 0.303 e. The van der Waals surface area contributed by atoms with Gasteiger partial charge in [0.2, 0.25) is 5.91 Å². The molecule has 1 heterocycles. The van der Waals surface area contributed by atoms with Gasteiger partial charge in [-0.15, -0.1) is 0 Å². The molecule has 0 aromatic heterocycles. The molecule has 2 aromatic rings. The van der Waals surface area contributed by atoms with Gasteiger partial charge < -0.3 is 15.3 Å². The van der Waals surface area contributed by atoms with Crippen molar-refractivity contribution in [2.75, 3.05) is 0 Å². The van der Waals surface area contributed by atoms with E-state index in [0.717, 1.165) is 11.3 Å². The summed E-state index contributed by atoms with van der Waals surface area (Å²) in [6.07, 6.45) is 1.10. The van der Waals surface area contributed by atoms with E-state index in [1.807, 2.05) is 19.1 Å². The molecule has 3 rings (SSSR count). The molecule has 0 spiro atoms. The van der Waals surface area contributed by atoms with Crippen molar-refractivity contribution in [2.45, 2.75) is 38.6 Å². The Morgan fingerprint density at radius 1 is 1.23 bits per heavy atom. The molecule has 0 saturated carbocycles. The highest BCUT2D eigenvalue weighted by atomic mass is 16.4. The van der Waals surface area contributed by atoms with E-state index in [4.69, 9.17) is 5.11 Å². The van der Waals surface area contributed by atoms with Gasteiger partial charge in [0.15, 0.2) is 0 Å². The zero-order valence-corrected chi connectivity index (χ0v) is 17.0. The van der Waals surface area contributed by atoms with E-state index in [1.54, 1.807) is 18.2 Å². The Morgan fingerprint density at radius 3 is 2.61 bits per heavy atom. The fraction of sp³-hybridized carbons (Fsp3) is 0.318. The standard InChI is InChI=1S/C22H24N4O5/c1-13-11-20(29)25-26-22(13)14-5-7-15(8-6-14)23-24-18(3-2-4-21(30)31)17-10-9-16(27)12-19(17)28/h5-10,12-13,18,27-28H,2-4,11H2,1H3,(H,25,29)(H,30,31).